The zero-order valence-electron chi connectivity index (χ0n) is 11.7. The van der Waals surface area contributed by atoms with E-state index in [-0.39, 0.29) is 6.42 Å². The van der Waals surface area contributed by atoms with Crippen LogP contribution < -0.4 is 5.32 Å². The number of carboxylic acids is 1. The number of ether oxygens (including phenoxy) is 1. The van der Waals surface area contributed by atoms with Gasteiger partial charge in [-0.25, -0.2) is 0 Å². The summed E-state index contributed by atoms with van der Waals surface area (Å²) >= 11 is 0. The first kappa shape index (κ1) is 13.5. The van der Waals surface area contributed by atoms with Gasteiger partial charge in [0.2, 0.25) is 0 Å². The van der Waals surface area contributed by atoms with Crippen LogP contribution >= 0.6 is 0 Å². The predicted molar refractivity (Wildman–Crippen MR) is 77.5 cm³/mol. The van der Waals surface area contributed by atoms with Crippen LogP contribution in [0.3, 0.4) is 0 Å². The van der Waals surface area contributed by atoms with E-state index in [0.717, 1.165) is 37.6 Å². The maximum absolute atomic E-state index is 10.5. The fraction of sp³-hybridized carbons (Fsp3) is 0.733. The third kappa shape index (κ3) is 2.56. The Kier molecular flexibility index (Phi) is 3.73. The summed E-state index contributed by atoms with van der Waals surface area (Å²) in [6, 6.07) is 0. The van der Waals surface area contributed by atoms with E-state index in [1.165, 1.54) is 6.42 Å². The van der Waals surface area contributed by atoms with Crippen molar-refractivity contribution in [3.8, 4) is 11.8 Å². The van der Waals surface area contributed by atoms with Gasteiger partial charge in [0.05, 0.1) is 0 Å². The van der Waals surface area contributed by atoms with Gasteiger partial charge in [-0.05, 0) is 0 Å². The molecular weight excluding hydrogens is 253 g/mol. The van der Waals surface area contributed by atoms with Crippen LogP contribution in [0.25, 0.3) is 0 Å². The predicted octanol–water partition coefficient (Wildman–Crippen LogP) is 1.24. The van der Waals surface area contributed by atoms with Crippen molar-refractivity contribution < 1.29 is 14.6 Å². The number of hydrogen-bond donors (Lipinski definition) is 2. The van der Waals surface area contributed by atoms with Crippen LogP contribution in [0.4, 0.5) is 0 Å². The van der Waals surface area contributed by atoms with E-state index in [0.29, 0.717) is 24.2 Å². The Morgan fingerprint density at radius 3 is 3.15 bits per heavy atom. The minimum atomic E-state index is -0.746. The number of fused-ring (bicyclic) bond motifs is 1. The van der Waals surface area contributed by atoms with Crippen LogP contribution in [0.15, 0.2) is 0 Å². The molecule has 1 spiro atoms. The Labute approximate surface area is 120 Å². The van der Waals surface area contributed by atoms with Crippen molar-refractivity contribution in [2.45, 2.75) is 43.8 Å². The third-order valence-corrected chi connectivity index (χ3v) is 4.83. The summed E-state index contributed by atoms with van der Waals surface area (Å²) in [5, 5.41) is 12.2. The molecule has 5 heteroatoms. The van der Waals surface area contributed by atoms with Crippen molar-refractivity contribution in [3.63, 3.8) is 0 Å². The molecular formula is C15H20BNO3. The number of hydrogen-bond acceptors (Lipinski definition) is 3. The van der Waals surface area contributed by atoms with Crippen LogP contribution in [0.1, 0.15) is 38.5 Å². The normalized spacial score (nSPS) is 33.5. The Bertz CT molecular complexity index is 493. The first-order valence-corrected chi connectivity index (χ1v) is 7.49. The van der Waals surface area contributed by atoms with Gasteiger partial charge >= 0.3 is 119 Å². The van der Waals surface area contributed by atoms with E-state index in [9.17, 15) is 4.79 Å². The molecule has 4 nitrogen and oxygen atoms in total. The van der Waals surface area contributed by atoms with Crippen LogP contribution in [-0.4, -0.2) is 36.9 Å². The molecule has 0 saturated heterocycles. The fourth-order valence-electron chi connectivity index (χ4n) is 3.73. The molecule has 0 aromatic carbocycles. The molecule has 1 fully saturated rings. The van der Waals surface area contributed by atoms with Gasteiger partial charge in [-0.2, -0.15) is 0 Å². The Morgan fingerprint density at radius 1 is 1.45 bits per heavy atom. The van der Waals surface area contributed by atoms with E-state index < -0.39 is 5.97 Å². The zero-order valence-corrected chi connectivity index (χ0v) is 11.7. The molecule has 3 rings (SSSR count). The van der Waals surface area contributed by atoms with Crippen LogP contribution in [-0.2, 0) is 9.53 Å². The summed E-state index contributed by atoms with van der Waals surface area (Å²) in [4.78, 5) is 10.5. The number of carbonyl (C=O) groups is 1. The molecule has 0 bridgehead atoms. The summed E-state index contributed by atoms with van der Waals surface area (Å²) < 4.78 is 5.77. The third-order valence-electron chi connectivity index (χ3n) is 4.83. The van der Waals surface area contributed by atoms with Gasteiger partial charge in [0, 0.05) is 0 Å². The summed E-state index contributed by atoms with van der Waals surface area (Å²) in [7, 11) is 0. The Balaban J connectivity index is 1.58. The molecule has 20 heavy (non-hydrogen) atoms. The SMILES string of the molecule is O=C(O)CCCNC1=B[C@]23CCC#CCC[C@H]2[C@H]3CO1. The average Bonchev–Trinajstić information content (AvgIpc) is 3.00. The first-order valence-electron chi connectivity index (χ1n) is 7.49. The van der Waals surface area contributed by atoms with Crippen molar-refractivity contribution in [3.05, 3.63) is 0 Å². The van der Waals surface area contributed by atoms with Crippen LogP contribution in [0.2, 0.25) is 5.31 Å². The van der Waals surface area contributed by atoms with E-state index in [1.54, 1.807) is 0 Å². The van der Waals surface area contributed by atoms with E-state index in [2.05, 4.69) is 24.1 Å². The molecule has 1 aliphatic heterocycles. The van der Waals surface area contributed by atoms with Gasteiger partial charge in [0.1, 0.15) is 0 Å². The molecule has 1 saturated carbocycles. The molecule has 3 atom stereocenters. The Hall–Kier alpha value is -1.44. The molecule has 0 radical (unpaired) electrons. The van der Waals surface area contributed by atoms with Crippen molar-refractivity contribution >= 4 is 18.7 Å². The molecule has 0 aromatic heterocycles. The second kappa shape index (κ2) is 5.51. The van der Waals surface area contributed by atoms with Gasteiger partial charge in [-0.15, -0.1) is 0 Å². The molecule has 3 aliphatic rings. The monoisotopic (exact) mass is 273 g/mol. The van der Waals surface area contributed by atoms with E-state index >= 15 is 0 Å². The van der Waals surface area contributed by atoms with Crippen molar-refractivity contribution in [1.82, 2.24) is 5.32 Å². The topological polar surface area (TPSA) is 58.6 Å². The summed E-state index contributed by atoms with van der Waals surface area (Å²) in [6.07, 6.45) is 5.14. The summed E-state index contributed by atoms with van der Waals surface area (Å²) in [5.74, 6) is 7.97. The Morgan fingerprint density at radius 2 is 2.30 bits per heavy atom. The molecule has 0 amide bonds. The van der Waals surface area contributed by atoms with Crippen LogP contribution in [0, 0.1) is 23.7 Å². The maximum atomic E-state index is 10.5. The number of rotatable bonds is 5. The molecule has 2 N–H and O–H groups in total. The van der Waals surface area contributed by atoms with Crippen molar-refractivity contribution in [2.75, 3.05) is 13.2 Å². The second-order valence-corrected chi connectivity index (χ2v) is 5.96. The average molecular weight is 273 g/mol. The fourth-order valence-corrected chi connectivity index (χ4v) is 3.73. The zero-order chi connectivity index (χ0) is 14.0. The summed E-state index contributed by atoms with van der Waals surface area (Å²) in [5.41, 5.74) is 0. The van der Waals surface area contributed by atoms with Gasteiger partial charge in [-0.1, -0.05) is 0 Å². The molecule has 106 valence electrons. The molecule has 2 aliphatic carbocycles. The van der Waals surface area contributed by atoms with Gasteiger partial charge in [-0.3, -0.25) is 0 Å². The van der Waals surface area contributed by atoms with E-state index in [4.69, 9.17) is 9.84 Å². The van der Waals surface area contributed by atoms with Gasteiger partial charge in [0.25, 0.3) is 0 Å². The number of aliphatic carboxylic acids is 1. The molecule has 0 unspecified atom stereocenters. The van der Waals surface area contributed by atoms with Crippen LogP contribution in [0.5, 0.6) is 0 Å². The van der Waals surface area contributed by atoms with Gasteiger partial charge < -0.3 is 0 Å². The summed E-state index contributed by atoms with van der Waals surface area (Å²) in [6.45, 7) is 3.71. The standard InChI is InChI=1S/C15H20BNO3/c18-13(19)7-5-9-17-14-16-15-8-4-2-1-3-6-11(15)12(15)10-20-14/h11-12,17H,3-10H2,(H,18,19)/t11-,12+,15+/m0/s1. The molecule has 0 aromatic rings. The number of nitrogens with one attached hydrogen (secondary N) is 1. The van der Waals surface area contributed by atoms with E-state index in [1.807, 2.05) is 0 Å². The number of carboxylic acid groups (broad SMARTS) is 1. The molecule has 1 heterocycles. The quantitative estimate of drug-likeness (QED) is 0.449. The second-order valence-electron chi connectivity index (χ2n) is 5.96. The van der Waals surface area contributed by atoms with Gasteiger partial charge in [0.15, 0.2) is 0 Å². The van der Waals surface area contributed by atoms with Crippen molar-refractivity contribution in [1.29, 1.82) is 0 Å². The first-order chi connectivity index (χ1) is 9.72. The minimum absolute atomic E-state index is 0.201. The van der Waals surface area contributed by atoms with Crippen molar-refractivity contribution in [2.24, 2.45) is 11.8 Å².